The Morgan fingerprint density at radius 1 is 1.37 bits per heavy atom. The van der Waals surface area contributed by atoms with Crippen LogP contribution in [0, 0.1) is 5.82 Å². The monoisotopic (exact) mass is 350 g/mol. The summed E-state index contributed by atoms with van der Waals surface area (Å²) in [5, 5.41) is 3.37. The second-order valence-electron chi connectivity index (χ2n) is 4.81. The third kappa shape index (κ3) is 3.91. The highest BCUT2D eigenvalue weighted by Crippen LogP contribution is 2.19. The molecule has 1 aliphatic heterocycles. The van der Waals surface area contributed by atoms with Gasteiger partial charge in [0.25, 0.3) is 5.91 Å². The summed E-state index contributed by atoms with van der Waals surface area (Å²) in [4.78, 5) is 14.1. The zero-order valence-corrected chi connectivity index (χ0v) is 13.2. The summed E-state index contributed by atoms with van der Waals surface area (Å²) in [6.45, 7) is 5.46. The van der Waals surface area contributed by atoms with E-state index in [0.717, 1.165) is 0 Å². The van der Waals surface area contributed by atoms with E-state index in [0.29, 0.717) is 23.1 Å². The number of carbonyl (C=O) groups is 1. The summed E-state index contributed by atoms with van der Waals surface area (Å²) < 4.78 is 13.5. The normalized spacial score (nSPS) is 22.8. The number of piperazine rings is 1. The Bertz CT molecular complexity index is 462. The number of hydrogen-bond donors (Lipinski definition) is 1. The molecule has 0 aliphatic carbocycles. The van der Waals surface area contributed by atoms with E-state index < -0.39 is 0 Å². The molecule has 1 amide bonds. The Morgan fingerprint density at radius 3 is 2.47 bits per heavy atom. The minimum absolute atomic E-state index is 0. The molecule has 1 aromatic carbocycles. The van der Waals surface area contributed by atoms with Gasteiger partial charge in [-0.15, -0.1) is 12.4 Å². The summed E-state index contributed by atoms with van der Waals surface area (Å²) in [5.74, 6) is -0.399. The first-order chi connectivity index (χ1) is 8.47. The summed E-state index contributed by atoms with van der Waals surface area (Å²) >= 11 is 3.10. The predicted octanol–water partition coefficient (Wildman–Crippen LogP) is 2.83. The predicted molar refractivity (Wildman–Crippen MR) is 79.3 cm³/mol. The van der Waals surface area contributed by atoms with Gasteiger partial charge in [-0.3, -0.25) is 4.79 Å². The van der Waals surface area contributed by atoms with Crippen molar-refractivity contribution in [3.8, 4) is 0 Å². The molecule has 0 saturated carbocycles. The molecule has 3 nitrogen and oxygen atoms in total. The summed E-state index contributed by atoms with van der Waals surface area (Å²) in [6, 6.07) is 4.93. The van der Waals surface area contributed by atoms with Crippen molar-refractivity contribution in [2.45, 2.75) is 25.9 Å². The van der Waals surface area contributed by atoms with Gasteiger partial charge in [0.15, 0.2) is 0 Å². The largest absolute Gasteiger partial charge is 0.336 e. The summed E-state index contributed by atoms with van der Waals surface area (Å²) in [6.07, 6.45) is 0. The van der Waals surface area contributed by atoms with Crippen LogP contribution in [0.5, 0.6) is 0 Å². The van der Waals surface area contributed by atoms with Crippen molar-refractivity contribution < 1.29 is 9.18 Å². The molecular weight excluding hydrogens is 335 g/mol. The number of amides is 1. The number of carbonyl (C=O) groups excluding carboxylic acids is 1. The van der Waals surface area contributed by atoms with Crippen LogP contribution in [-0.4, -0.2) is 36.0 Å². The van der Waals surface area contributed by atoms with Crippen LogP contribution in [0.2, 0.25) is 0 Å². The Kier molecular flexibility index (Phi) is 5.77. The first-order valence-electron chi connectivity index (χ1n) is 5.97. The van der Waals surface area contributed by atoms with Crippen molar-refractivity contribution in [2.24, 2.45) is 0 Å². The maximum absolute atomic E-state index is 13.1. The van der Waals surface area contributed by atoms with E-state index >= 15 is 0 Å². The molecule has 2 atom stereocenters. The lowest BCUT2D eigenvalue weighted by Gasteiger charge is -2.36. The Morgan fingerprint density at radius 2 is 1.95 bits per heavy atom. The van der Waals surface area contributed by atoms with Crippen LogP contribution < -0.4 is 5.32 Å². The number of benzene rings is 1. The van der Waals surface area contributed by atoms with Crippen molar-refractivity contribution in [2.75, 3.05) is 13.1 Å². The Balaban J connectivity index is 0.00000180. The van der Waals surface area contributed by atoms with Crippen molar-refractivity contribution >= 4 is 34.2 Å². The fourth-order valence-electron chi connectivity index (χ4n) is 2.30. The fraction of sp³-hybridized carbons (Fsp3) is 0.462. The first kappa shape index (κ1) is 16.4. The molecule has 1 fully saturated rings. The van der Waals surface area contributed by atoms with Crippen molar-refractivity contribution in [1.82, 2.24) is 10.2 Å². The fourth-order valence-corrected chi connectivity index (χ4v) is 2.68. The highest BCUT2D eigenvalue weighted by Gasteiger charge is 2.25. The molecular formula is C13H17BrClFN2O. The zero-order valence-electron chi connectivity index (χ0n) is 10.8. The van der Waals surface area contributed by atoms with Gasteiger partial charge in [0, 0.05) is 30.7 Å². The molecule has 1 heterocycles. The average molecular weight is 352 g/mol. The smallest absolute Gasteiger partial charge is 0.254 e. The second-order valence-corrected chi connectivity index (χ2v) is 5.66. The van der Waals surface area contributed by atoms with Crippen LogP contribution in [0.3, 0.4) is 0 Å². The molecule has 106 valence electrons. The standard InChI is InChI=1S/C13H16BrFN2O.ClH/c1-8-6-17(7-9(2)16-8)13(18)10-3-4-12(15)11(14)5-10;/h3-5,8-9,16H,6-7H2,1-2H3;1H. The van der Waals surface area contributed by atoms with Crippen LogP contribution in [0.25, 0.3) is 0 Å². The number of nitrogens with zero attached hydrogens (tertiary/aromatic N) is 1. The number of nitrogens with one attached hydrogen (secondary N) is 1. The third-order valence-corrected chi connectivity index (χ3v) is 3.62. The molecule has 2 rings (SSSR count). The van der Waals surface area contributed by atoms with Gasteiger partial charge in [0.05, 0.1) is 4.47 Å². The topological polar surface area (TPSA) is 32.3 Å². The molecule has 2 unspecified atom stereocenters. The van der Waals surface area contributed by atoms with Gasteiger partial charge >= 0.3 is 0 Å². The highest BCUT2D eigenvalue weighted by molar-refractivity contribution is 9.10. The Hall–Kier alpha value is -0.650. The molecule has 0 aromatic heterocycles. The molecule has 6 heteroatoms. The zero-order chi connectivity index (χ0) is 13.3. The van der Waals surface area contributed by atoms with Gasteiger partial charge < -0.3 is 10.2 Å². The highest BCUT2D eigenvalue weighted by atomic mass is 79.9. The summed E-state index contributed by atoms with van der Waals surface area (Å²) in [5.41, 5.74) is 0.518. The molecule has 0 bridgehead atoms. The number of hydrogen-bond acceptors (Lipinski definition) is 2. The van der Waals surface area contributed by atoms with Gasteiger partial charge in [-0.2, -0.15) is 0 Å². The van der Waals surface area contributed by atoms with Crippen LogP contribution in [0.15, 0.2) is 22.7 Å². The van der Waals surface area contributed by atoms with Gasteiger partial charge in [0.2, 0.25) is 0 Å². The van der Waals surface area contributed by atoms with Gasteiger partial charge in [-0.1, -0.05) is 0 Å². The van der Waals surface area contributed by atoms with Crippen molar-refractivity contribution in [3.05, 3.63) is 34.1 Å². The molecule has 1 aliphatic rings. The van der Waals surface area contributed by atoms with E-state index in [2.05, 4.69) is 35.1 Å². The molecule has 0 radical (unpaired) electrons. The van der Waals surface area contributed by atoms with E-state index in [1.807, 2.05) is 4.90 Å². The van der Waals surface area contributed by atoms with Crippen LogP contribution >= 0.6 is 28.3 Å². The molecule has 0 spiro atoms. The lowest BCUT2D eigenvalue weighted by atomic mass is 10.1. The van der Waals surface area contributed by atoms with Crippen LogP contribution in [-0.2, 0) is 0 Å². The quantitative estimate of drug-likeness (QED) is 0.844. The van der Waals surface area contributed by atoms with Crippen LogP contribution in [0.4, 0.5) is 4.39 Å². The Labute approximate surface area is 127 Å². The minimum atomic E-state index is -0.353. The molecule has 1 saturated heterocycles. The maximum atomic E-state index is 13.1. The number of halogens is 3. The van der Waals surface area contributed by atoms with Crippen LogP contribution in [0.1, 0.15) is 24.2 Å². The van der Waals surface area contributed by atoms with Crippen molar-refractivity contribution in [3.63, 3.8) is 0 Å². The second kappa shape index (κ2) is 6.68. The van der Waals surface area contributed by atoms with E-state index in [1.165, 1.54) is 18.2 Å². The molecule has 1 aromatic rings. The SMILES string of the molecule is CC1CN(C(=O)c2ccc(F)c(Br)c2)CC(C)N1.Cl. The van der Waals surface area contributed by atoms with Gasteiger partial charge in [-0.05, 0) is 48.0 Å². The third-order valence-electron chi connectivity index (χ3n) is 3.01. The van der Waals surface area contributed by atoms with Crippen molar-refractivity contribution in [1.29, 1.82) is 0 Å². The van der Waals surface area contributed by atoms with E-state index in [-0.39, 0.29) is 36.2 Å². The first-order valence-corrected chi connectivity index (χ1v) is 6.77. The van der Waals surface area contributed by atoms with E-state index in [4.69, 9.17) is 0 Å². The molecule has 19 heavy (non-hydrogen) atoms. The average Bonchev–Trinajstić information content (AvgIpc) is 2.30. The minimum Gasteiger partial charge on any atom is -0.336 e. The lowest BCUT2D eigenvalue weighted by Crippen LogP contribution is -2.55. The number of rotatable bonds is 1. The van der Waals surface area contributed by atoms with E-state index in [1.54, 1.807) is 0 Å². The lowest BCUT2D eigenvalue weighted by molar-refractivity contribution is 0.0673. The molecule has 1 N–H and O–H groups in total. The summed E-state index contributed by atoms with van der Waals surface area (Å²) in [7, 11) is 0. The van der Waals surface area contributed by atoms with Gasteiger partial charge in [-0.25, -0.2) is 4.39 Å². The van der Waals surface area contributed by atoms with E-state index in [9.17, 15) is 9.18 Å². The maximum Gasteiger partial charge on any atom is 0.254 e. The van der Waals surface area contributed by atoms with Gasteiger partial charge in [0.1, 0.15) is 5.82 Å².